The molecule has 0 aromatic carbocycles. The molecule has 0 aliphatic carbocycles. The van der Waals surface area contributed by atoms with E-state index in [0.717, 1.165) is 31.8 Å². The van der Waals surface area contributed by atoms with E-state index < -0.39 is 0 Å². The minimum absolute atomic E-state index is 0.233. The molecule has 0 amide bonds. The first kappa shape index (κ1) is 13.2. The second kappa shape index (κ2) is 6.66. The maximum Gasteiger partial charge on any atom is 0.105 e. The van der Waals surface area contributed by atoms with Crippen molar-refractivity contribution >= 4 is 0 Å². The summed E-state index contributed by atoms with van der Waals surface area (Å²) in [6.07, 6.45) is 6.17. The molecule has 0 saturated carbocycles. The lowest BCUT2D eigenvalue weighted by molar-refractivity contribution is 0.157. The zero-order valence-electron chi connectivity index (χ0n) is 10.6. The normalized spacial score (nSPS) is 13.3. The number of hydrogen-bond donors (Lipinski definition) is 1. The molecule has 0 fully saturated rings. The van der Waals surface area contributed by atoms with Gasteiger partial charge >= 0.3 is 0 Å². The minimum atomic E-state index is 0.233. The lowest BCUT2D eigenvalue weighted by atomic mass is 10.2. The van der Waals surface area contributed by atoms with Crippen molar-refractivity contribution in [2.75, 3.05) is 20.2 Å². The van der Waals surface area contributed by atoms with Crippen molar-refractivity contribution in [2.45, 2.75) is 39.3 Å². The third-order valence-corrected chi connectivity index (χ3v) is 3.10. The van der Waals surface area contributed by atoms with Crippen molar-refractivity contribution in [3.8, 4) is 0 Å². The van der Waals surface area contributed by atoms with Crippen molar-refractivity contribution in [3.63, 3.8) is 0 Å². The Kier molecular flexibility index (Phi) is 5.49. The number of hydrogen-bond acceptors (Lipinski definition) is 3. The van der Waals surface area contributed by atoms with Crippen LogP contribution < -0.4 is 0 Å². The van der Waals surface area contributed by atoms with E-state index in [2.05, 4.69) is 21.5 Å². The molecule has 1 atom stereocenters. The summed E-state index contributed by atoms with van der Waals surface area (Å²) < 4.78 is 2.18. The molecule has 1 aromatic rings. The Morgan fingerprint density at radius 3 is 2.81 bits per heavy atom. The molecule has 1 rings (SSSR count). The van der Waals surface area contributed by atoms with Gasteiger partial charge in [0.15, 0.2) is 0 Å². The van der Waals surface area contributed by atoms with Gasteiger partial charge in [0.2, 0.25) is 0 Å². The number of likely N-dealkylation sites (N-methyl/N-ethyl adjacent to an activating group) is 1. The van der Waals surface area contributed by atoms with Gasteiger partial charge in [-0.15, -0.1) is 0 Å². The van der Waals surface area contributed by atoms with Crippen LogP contribution in [0.1, 0.15) is 25.6 Å². The van der Waals surface area contributed by atoms with Crippen LogP contribution in [0.25, 0.3) is 0 Å². The molecule has 0 saturated heterocycles. The quantitative estimate of drug-likeness (QED) is 0.711. The van der Waals surface area contributed by atoms with E-state index in [1.807, 2.05) is 26.2 Å². The van der Waals surface area contributed by atoms with E-state index in [9.17, 15) is 0 Å². The number of imidazole rings is 1. The molecule has 1 N–H and O–H groups in total. The summed E-state index contributed by atoms with van der Waals surface area (Å²) in [5, 5.41) is 8.99. The number of aryl methyl sites for hydroxylation is 2. The highest BCUT2D eigenvalue weighted by Gasteiger charge is 2.06. The SMILES string of the molecule is Cc1nccn1CCCCN(C)C(C)CO. The van der Waals surface area contributed by atoms with Crippen LogP contribution in [0.15, 0.2) is 12.4 Å². The molecule has 92 valence electrons. The molecular weight excluding hydrogens is 202 g/mol. The van der Waals surface area contributed by atoms with Gasteiger partial charge in [-0.1, -0.05) is 0 Å². The van der Waals surface area contributed by atoms with E-state index >= 15 is 0 Å². The molecule has 16 heavy (non-hydrogen) atoms. The van der Waals surface area contributed by atoms with Gasteiger partial charge in [-0.25, -0.2) is 4.98 Å². The van der Waals surface area contributed by atoms with Crippen molar-refractivity contribution in [3.05, 3.63) is 18.2 Å². The monoisotopic (exact) mass is 225 g/mol. The van der Waals surface area contributed by atoms with Crippen LogP contribution >= 0.6 is 0 Å². The molecule has 4 nitrogen and oxygen atoms in total. The molecule has 0 bridgehead atoms. The summed E-state index contributed by atoms with van der Waals surface area (Å²) in [5.41, 5.74) is 0. The maximum absolute atomic E-state index is 8.99. The molecule has 1 heterocycles. The Bertz CT molecular complexity index is 298. The van der Waals surface area contributed by atoms with Crippen molar-refractivity contribution in [1.29, 1.82) is 0 Å². The highest BCUT2D eigenvalue weighted by molar-refractivity contribution is 4.87. The van der Waals surface area contributed by atoms with Crippen LogP contribution in [0.4, 0.5) is 0 Å². The largest absolute Gasteiger partial charge is 0.395 e. The summed E-state index contributed by atoms with van der Waals surface area (Å²) in [6.45, 7) is 6.37. The molecule has 4 heteroatoms. The number of nitrogens with zero attached hydrogens (tertiary/aromatic N) is 3. The Hall–Kier alpha value is -0.870. The van der Waals surface area contributed by atoms with Crippen LogP contribution in [-0.2, 0) is 6.54 Å². The number of unbranched alkanes of at least 4 members (excludes halogenated alkanes) is 1. The lowest BCUT2D eigenvalue weighted by Gasteiger charge is -2.22. The van der Waals surface area contributed by atoms with E-state index in [0.29, 0.717) is 0 Å². The van der Waals surface area contributed by atoms with Crippen LogP contribution in [0.3, 0.4) is 0 Å². The molecule has 0 spiro atoms. The van der Waals surface area contributed by atoms with Crippen LogP contribution in [0, 0.1) is 6.92 Å². The second-order valence-electron chi connectivity index (χ2n) is 4.39. The van der Waals surface area contributed by atoms with Gasteiger partial charge in [0.05, 0.1) is 6.61 Å². The summed E-state index contributed by atoms with van der Waals surface area (Å²) in [6, 6.07) is 0.259. The van der Waals surface area contributed by atoms with Gasteiger partial charge < -0.3 is 14.6 Å². The first-order valence-corrected chi connectivity index (χ1v) is 5.94. The summed E-state index contributed by atoms with van der Waals surface area (Å²) in [7, 11) is 2.06. The average Bonchev–Trinajstić information content (AvgIpc) is 2.69. The van der Waals surface area contributed by atoms with Gasteiger partial charge in [-0.3, -0.25) is 0 Å². The molecule has 0 aliphatic heterocycles. The highest BCUT2D eigenvalue weighted by atomic mass is 16.3. The smallest absolute Gasteiger partial charge is 0.105 e. The Morgan fingerprint density at radius 2 is 2.25 bits per heavy atom. The molecular formula is C12H23N3O. The topological polar surface area (TPSA) is 41.3 Å². The van der Waals surface area contributed by atoms with Crippen molar-refractivity contribution < 1.29 is 5.11 Å². The summed E-state index contributed by atoms with van der Waals surface area (Å²) in [4.78, 5) is 6.39. The predicted molar refractivity (Wildman–Crippen MR) is 65.4 cm³/mol. The van der Waals surface area contributed by atoms with Gasteiger partial charge in [0, 0.05) is 25.0 Å². The van der Waals surface area contributed by atoms with E-state index in [1.54, 1.807) is 0 Å². The second-order valence-corrected chi connectivity index (χ2v) is 4.39. The third-order valence-electron chi connectivity index (χ3n) is 3.10. The number of aromatic nitrogens is 2. The van der Waals surface area contributed by atoms with E-state index in [1.165, 1.54) is 0 Å². The zero-order valence-corrected chi connectivity index (χ0v) is 10.6. The Balaban J connectivity index is 2.15. The zero-order chi connectivity index (χ0) is 12.0. The fraction of sp³-hybridized carbons (Fsp3) is 0.750. The minimum Gasteiger partial charge on any atom is -0.395 e. The van der Waals surface area contributed by atoms with Gasteiger partial charge in [0.25, 0.3) is 0 Å². The maximum atomic E-state index is 8.99. The van der Waals surface area contributed by atoms with Gasteiger partial charge in [0.1, 0.15) is 5.82 Å². The molecule has 0 aliphatic rings. The van der Waals surface area contributed by atoms with Crippen LogP contribution in [0.5, 0.6) is 0 Å². The first-order valence-electron chi connectivity index (χ1n) is 5.94. The molecule has 1 aromatic heterocycles. The van der Waals surface area contributed by atoms with E-state index in [-0.39, 0.29) is 12.6 Å². The van der Waals surface area contributed by atoms with Crippen molar-refractivity contribution in [1.82, 2.24) is 14.5 Å². The summed E-state index contributed by atoms with van der Waals surface area (Å²) >= 11 is 0. The average molecular weight is 225 g/mol. The van der Waals surface area contributed by atoms with Gasteiger partial charge in [-0.2, -0.15) is 0 Å². The number of rotatable bonds is 7. The lowest BCUT2D eigenvalue weighted by Crippen LogP contribution is -2.32. The Morgan fingerprint density at radius 1 is 1.50 bits per heavy atom. The number of aliphatic hydroxyl groups excluding tert-OH is 1. The molecule has 1 unspecified atom stereocenters. The Labute approximate surface area is 97.9 Å². The van der Waals surface area contributed by atoms with Crippen LogP contribution in [0.2, 0.25) is 0 Å². The fourth-order valence-corrected chi connectivity index (χ4v) is 1.64. The first-order chi connectivity index (χ1) is 7.65. The fourth-order valence-electron chi connectivity index (χ4n) is 1.64. The standard InChI is InChI=1S/C12H23N3O/c1-11(10-16)14(3)7-4-5-8-15-9-6-13-12(15)2/h6,9,11,16H,4-5,7-8,10H2,1-3H3. The number of aliphatic hydroxyl groups is 1. The third kappa shape index (κ3) is 3.94. The van der Waals surface area contributed by atoms with Gasteiger partial charge in [-0.05, 0) is 40.3 Å². The van der Waals surface area contributed by atoms with Crippen LogP contribution in [-0.4, -0.2) is 45.8 Å². The predicted octanol–water partition coefficient (Wildman–Crippen LogP) is 1.28. The van der Waals surface area contributed by atoms with Crippen molar-refractivity contribution in [2.24, 2.45) is 0 Å². The van der Waals surface area contributed by atoms with E-state index in [4.69, 9.17) is 5.11 Å². The summed E-state index contributed by atoms with van der Waals surface area (Å²) in [5.74, 6) is 1.08. The molecule has 0 radical (unpaired) electrons. The highest BCUT2D eigenvalue weighted by Crippen LogP contribution is 2.02.